The van der Waals surface area contributed by atoms with Crippen molar-refractivity contribution in [2.75, 3.05) is 26.3 Å². The predicted octanol–water partition coefficient (Wildman–Crippen LogP) is -0.270. The van der Waals surface area contributed by atoms with Crippen LogP contribution in [0.25, 0.3) is 11.0 Å². The van der Waals surface area contributed by atoms with E-state index in [-0.39, 0.29) is 6.10 Å². The number of nitrogens with zero attached hydrogens (tertiary/aromatic N) is 4. The number of morpholine rings is 1. The largest absolute Gasteiger partial charge is 0.474 e. The van der Waals surface area contributed by atoms with Crippen LogP contribution in [0.3, 0.4) is 0 Å². The standard InChI is InChI=1S/C11H15N5O2/c1-16-10-9(5-15-16)11(14-7-13-10)18-6-8-4-12-2-3-17-8/h5,7-8,12H,2-4,6H2,1H3. The van der Waals surface area contributed by atoms with Crippen LogP contribution in [0.1, 0.15) is 0 Å². The molecule has 1 unspecified atom stereocenters. The molecule has 0 spiro atoms. The lowest BCUT2D eigenvalue weighted by Crippen LogP contribution is -2.41. The van der Waals surface area contributed by atoms with E-state index in [4.69, 9.17) is 9.47 Å². The van der Waals surface area contributed by atoms with E-state index >= 15 is 0 Å². The van der Waals surface area contributed by atoms with Gasteiger partial charge in [-0.2, -0.15) is 5.10 Å². The lowest BCUT2D eigenvalue weighted by molar-refractivity contribution is -0.000407. The molecule has 2 aromatic heterocycles. The minimum atomic E-state index is 0.0698. The van der Waals surface area contributed by atoms with Crippen LogP contribution < -0.4 is 10.1 Å². The second-order valence-electron chi connectivity index (χ2n) is 4.19. The first-order valence-electron chi connectivity index (χ1n) is 5.92. The molecule has 2 aromatic rings. The van der Waals surface area contributed by atoms with E-state index in [9.17, 15) is 0 Å². The third kappa shape index (κ3) is 2.14. The van der Waals surface area contributed by atoms with Crippen LogP contribution in [0, 0.1) is 0 Å². The van der Waals surface area contributed by atoms with E-state index in [0.717, 1.165) is 30.7 Å². The minimum Gasteiger partial charge on any atom is -0.474 e. The lowest BCUT2D eigenvalue weighted by atomic mass is 10.3. The fraction of sp³-hybridized carbons (Fsp3) is 0.545. The SMILES string of the molecule is Cn1ncc2c(OCC3CNCCO3)ncnc21. The summed E-state index contributed by atoms with van der Waals surface area (Å²) in [4.78, 5) is 8.30. The highest BCUT2D eigenvalue weighted by Crippen LogP contribution is 2.20. The zero-order valence-corrected chi connectivity index (χ0v) is 10.2. The van der Waals surface area contributed by atoms with Crippen LogP contribution in [0.15, 0.2) is 12.5 Å². The average Bonchev–Trinajstić information content (AvgIpc) is 2.80. The Labute approximate surface area is 104 Å². The van der Waals surface area contributed by atoms with Gasteiger partial charge in [-0.1, -0.05) is 0 Å². The molecule has 1 atom stereocenters. The second kappa shape index (κ2) is 4.87. The van der Waals surface area contributed by atoms with Gasteiger partial charge in [-0.05, 0) is 0 Å². The lowest BCUT2D eigenvalue weighted by Gasteiger charge is -2.23. The van der Waals surface area contributed by atoms with Gasteiger partial charge in [0.05, 0.1) is 12.8 Å². The first kappa shape index (κ1) is 11.4. The summed E-state index contributed by atoms with van der Waals surface area (Å²) in [5.74, 6) is 0.558. The monoisotopic (exact) mass is 249 g/mol. The Hall–Kier alpha value is -1.73. The van der Waals surface area contributed by atoms with Gasteiger partial charge in [0.15, 0.2) is 5.65 Å². The number of hydrogen-bond acceptors (Lipinski definition) is 6. The van der Waals surface area contributed by atoms with Gasteiger partial charge >= 0.3 is 0 Å². The number of fused-ring (bicyclic) bond motifs is 1. The first-order valence-corrected chi connectivity index (χ1v) is 5.92. The van der Waals surface area contributed by atoms with E-state index in [1.165, 1.54) is 6.33 Å². The highest BCUT2D eigenvalue weighted by molar-refractivity contribution is 5.79. The van der Waals surface area contributed by atoms with Crippen molar-refractivity contribution in [1.29, 1.82) is 0 Å². The van der Waals surface area contributed by atoms with Crippen molar-refractivity contribution in [2.24, 2.45) is 7.05 Å². The maximum Gasteiger partial charge on any atom is 0.227 e. The maximum atomic E-state index is 5.70. The van der Waals surface area contributed by atoms with Crippen LogP contribution >= 0.6 is 0 Å². The number of rotatable bonds is 3. The summed E-state index contributed by atoms with van der Waals surface area (Å²) in [6, 6.07) is 0. The molecule has 0 bridgehead atoms. The summed E-state index contributed by atoms with van der Waals surface area (Å²) < 4.78 is 13.0. The molecular weight excluding hydrogens is 234 g/mol. The first-order chi connectivity index (χ1) is 8.84. The molecule has 1 aliphatic rings. The normalized spacial score (nSPS) is 20.2. The van der Waals surface area contributed by atoms with Crippen LogP contribution in [-0.2, 0) is 11.8 Å². The molecular formula is C11H15N5O2. The second-order valence-corrected chi connectivity index (χ2v) is 4.19. The molecule has 96 valence electrons. The predicted molar refractivity (Wildman–Crippen MR) is 64.4 cm³/mol. The molecule has 0 aromatic carbocycles. The number of nitrogens with one attached hydrogen (secondary N) is 1. The summed E-state index contributed by atoms with van der Waals surface area (Å²) in [6.45, 7) is 2.91. The zero-order valence-electron chi connectivity index (χ0n) is 10.2. The summed E-state index contributed by atoms with van der Waals surface area (Å²) in [5.41, 5.74) is 0.766. The van der Waals surface area contributed by atoms with Crippen LogP contribution in [0.4, 0.5) is 0 Å². The van der Waals surface area contributed by atoms with Gasteiger partial charge in [-0.3, -0.25) is 4.68 Å². The van der Waals surface area contributed by atoms with Crippen molar-refractivity contribution in [3.8, 4) is 5.88 Å². The third-order valence-electron chi connectivity index (χ3n) is 2.90. The minimum absolute atomic E-state index is 0.0698. The van der Waals surface area contributed by atoms with Crippen molar-refractivity contribution in [1.82, 2.24) is 25.1 Å². The summed E-state index contributed by atoms with van der Waals surface area (Å²) >= 11 is 0. The highest BCUT2D eigenvalue weighted by Gasteiger charge is 2.16. The van der Waals surface area contributed by atoms with Gasteiger partial charge in [-0.25, -0.2) is 9.97 Å². The molecule has 7 nitrogen and oxygen atoms in total. The van der Waals surface area contributed by atoms with Gasteiger partial charge < -0.3 is 14.8 Å². The number of ether oxygens (including phenoxy) is 2. The van der Waals surface area contributed by atoms with Crippen LogP contribution in [0.5, 0.6) is 5.88 Å². The average molecular weight is 249 g/mol. The molecule has 0 radical (unpaired) electrons. The molecule has 1 aliphatic heterocycles. The van der Waals surface area contributed by atoms with Crippen LogP contribution in [-0.4, -0.2) is 52.2 Å². The Morgan fingerprint density at radius 3 is 3.33 bits per heavy atom. The molecule has 18 heavy (non-hydrogen) atoms. The highest BCUT2D eigenvalue weighted by atomic mass is 16.5. The molecule has 1 saturated heterocycles. The van der Waals surface area contributed by atoms with Crippen molar-refractivity contribution in [3.63, 3.8) is 0 Å². The smallest absolute Gasteiger partial charge is 0.227 e. The molecule has 1 fully saturated rings. The Morgan fingerprint density at radius 2 is 2.50 bits per heavy atom. The summed E-state index contributed by atoms with van der Waals surface area (Å²) in [5, 5.41) is 8.22. The number of aromatic nitrogens is 4. The van der Waals surface area contributed by atoms with Gasteiger partial charge in [-0.15, -0.1) is 0 Å². The van der Waals surface area contributed by atoms with Crippen molar-refractivity contribution < 1.29 is 9.47 Å². The van der Waals surface area contributed by atoms with Crippen molar-refractivity contribution in [3.05, 3.63) is 12.5 Å². The molecule has 0 saturated carbocycles. The topological polar surface area (TPSA) is 74.1 Å². The fourth-order valence-electron chi connectivity index (χ4n) is 1.95. The van der Waals surface area contributed by atoms with Gasteiger partial charge in [0, 0.05) is 20.1 Å². The van der Waals surface area contributed by atoms with E-state index in [0.29, 0.717) is 12.5 Å². The molecule has 3 heterocycles. The molecule has 3 rings (SSSR count). The Bertz CT molecular complexity index is 535. The molecule has 7 heteroatoms. The molecule has 0 amide bonds. The van der Waals surface area contributed by atoms with Gasteiger partial charge in [0.2, 0.25) is 5.88 Å². The third-order valence-corrected chi connectivity index (χ3v) is 2.90. The number of aryl methyl sites for hydroxylation is 1. The fourth-order valence-corrected chi connectivity index (χ4v) is 1.95. The summed E-state index contributed by atoms with van der Waals surface area (Å²) in [7, 11) is 1.84. The van der Waals surface area contributed by atoms with Crippen molar-refractivity contribution >= 4 is 11.0 Å². The van der Waals surface area contributed by atoms with E-state index in [1.54, 1.807) is 10.9 Å². The maximum absolute atomic E-state index is 5.70. The van der Waals surface area contributed by atoms with Gasteiger partial charge in [0.25, 0.3) is 0 Å². The zero-order chi connectivity index (χ0) is 12.4. The quantitative estimate of drug-likeness (QED) is 0.807. The molecule has 1 N–H and O–H groups in total. The van der Waals surface area contributed by atoms with Crippen molar-refractivity contribution in [2.45, 2.75) is 6.10 Å². The Kier molecular flexibility index (Phi) is 3.07. The van der Waals surface area contributed by atoms with Gasteiger partial charge in [0.1, 0.15) is 24.4 Å². The molecule has 0 aliphatic carbocycles. The Balaban J connectivity index is 1.74. The number of hydrogen-bond donors (Lipinski definition) is 1. The van der Waals surface area contributed by atoms with E-state index in [1.807, 2.05) is 7.05 Å². The summed E-state index contributed by atoms with van der Waals surface area (Å²) in [6.07, 6.45) is 3.27. The van der Waals surface area contributed by atoms with Crippen LogP contribution in [0.2, 0.25) is 0 Å². The Morgan fingerprint density at radius 1 is 1.56 bits per heavy atom. The van der Waals surface area contributed by atoms with E-state index in [2.05, 4.69) is 20.4 Å². The van der Waals surface area contributed by atoms with E-state index < -0.39 is 0 Å².